The minimum atomic E-state index is -1.16. The van der Waals surface area contributed by atoms with Crippen molar-refractivity contribution in [1.29, 1.82) is 0 Å². The minimum Gasteiger partial charge on any atom is -0.384 e. The van der Waals surface area contributed by atoms with Gasteiger partial charge in [0, 0.05) is 32.0 Å². The van der Waals surface area contributed by atoms with E-state index >= 15 is 0 Å². The van der Waals surface area contributed by atoms with Gasteiger partial charge in [0.25, 0.3) is 0 Å². The van der Waals surface area contributed by atoms with E-state index in [9.17, 15) is 8.78 Å². The molecule has 2 aromatic heterocycles. The normalized spacial score (nSPS) is 12.0. The Morgan fingerprint density at radius 3 is 2.46 bits per heavy atom. The number of rotatable bonds is 6. The van der Waals surface area contributed by atoms with Crippen molar-refractivity contribution in [3.8, 4) is 11.1 Å². The van der Waals surface area contributed by atoms with Gasteiger partial charge in [0.15, 0.2) is 0 Å². The van der Waals surface area contributed by atoms with E-state index in [1.807, 2.05) is 0 Å². The lowest BCUT2D eigenvalue weighted by atomic mass is 10.0. The van der Waals surface area contributed by atoms with Crippen LogP contribution in [0.2, 0.25) is 25.7 Å². The van der Waals surface area contributed by atoms with Gasteiger partial charge in [-0.3, -0.25) is 0 Å². The first kappa shape index (κ1) is 18.5. The van der Waals surface area contributed by atoms with E-state index in [0.717, 1.165) is 12.1 Å². The maximum atomic E-state index is 14.2. The van der Waals surface area contributed by atoms with Crippen LogP contribution in [0.1, 0.15) is 11.4 Å². The zero-order valence-electron chi connectivity index (χ0n) is 14.8. The molecule has 0 radical (unpaired) electrons. The van der Waals surface area contributed by atoms with Crippen molar-refractivity contribution in [2.24, 2.45) is 0 Å². The Balaban J connectivity index is 2.24. The third-order valence-corrected chi connectivity index (χ3v) is 5.49. The molecule has 0 atom stereocenters. The number of hydrogen-bond donors (Lipinski definition) is 1. The van der Waals surface area contributed by atoms with Gasteiger partial charge in [0.05, 0.1) is 11.3 Å². The topological polar surface area (TPSA) is 66.0 Å². The van der Waals surface area contributed by atoms with Crippen molar-refractivity contribution in [2.75, 3.05) is 12.3 Å². The summed E-state index contributed by atoms with van der Waals surface area (Å²) in [7, 11) is -1.16. The number of nitrogens with two attached hydrogens (primary N) is 1. The van der Waals surface area contributed by atoms with E-state index in [-0.39, 0.29) is 18.1 Å². The maximum absolute atomic E-state index is 14.2. The highest BCUT2D eigenvalue weighted by molar-refractivity contribution is 6.76. The van der Waals surface area contributed by atoms with Crippen LogP contribution in [0.4, 0.5) is 14.6 Å². The van der Waals surface area contributed by atoms with Gasteiger partial charge in [0.1, 0.15) is 18.4 Å². The van der Waals surface area contributed by atoms with Gasteiger partial charge in [-0.05, 0) is 19.9 Å². The van der Waals surface area contributed by atoms with E-state index in [1.54, 1.807) is 18.5 Å². The Hall–Kier alpha value is -1.80. The number of ether oxygens (including phenoxy) is 1. The first-order valence-corrected chi connectivity index (χ1v) is 11.5. The molecule has 5 nitrogen and oxygen atoms in total. The fourth-order valence-electron chi connectivity index (χ4n) is 2.44. The van der Waals surface area contributed by atoms with Crippen LogP contribution in [-0.4, -0.2) is 29.4 Å². The molecule has 2 aromatic rings. The Bertz CT molecular complexity index is 717. The predicted molar refractivity (Wildman–Crippen MR) is 93.4 cm³/mol. The van der Waals surface area contributed by atoms with Gasteiger partial charge < -0.3 is 10.5 Å². The molecule has 0 bridgehead atoms. The molecule has 2 N–H and O–H groups in total. The second-order valence-electron chi connectivity index (χ2n) is 7.09. The van der Waals surface area contributed by atoms with E-state index in [1.165, 1.54) is 0 Å². The largest absolute Gasteiger partial charge is 0.384 e. The van der Waals surface area contributed by atoms with Crippen LogP contribution in [0.3, 0.4) is 0 Å². The van der Waals surface area contributed by atoms with Crippen LogP contribution < -0.4 is 5.73 Å². The second kappa shape index (κ2) is 6.98. The van der Waals surface area contributed by atoms with Crippen molar-refractivity contribution in [2.45, 2.75) is 46.3 Å². The summed E-state index contributed by atoms with van der Waals surface area (Å²) in [6.07, 6.45) is 0. The molecule has 0 saturated carbocycles. The Labute approximate surface area is 141 Å². The van der Waals surface area contributed by atoms with Crippen molar-refractivity contribution in [1.82, 2.24) is 14.8 Å². The van der Waals surface area contributed by atoms with Gasteiger partial charge in [-0.25, -0.2) is 14.1 Å². The summed E-state index contributed by atoms with van der Waals surface area (Å²) in [5, 5.41) is 4.34. The molecule has 0 aliphatic carbocycles. The molecule has 0 aliphatic rings. The third-order valence-electron chi connectivity index (χ3n) is 3.79. The Morgan fingerprint density at radius 2 is 1.88 bits per heavy atom. The van der Waals surface area contributed by atoms with Crippen LogP contribution in [0.25, 0.3) is 11.1 Å². The predicted octanol–water partition coefficient (Wildman–Crippen LogP) is 3.73. The van der Waals surface area contributed by atoms with E-state index in [4.69, 9.17) is 10.5 Å². The van der Waals surface area contributed by atoms with Crippen molar-refractivity contribution in [3.63, 3.8) is 0 Å². The standard InChI is InChI=1S/C16H24F2N4OSi/c1-10-14(15-12(17)8-13(19)20-16(15)18)11(2)22(21-10)9-23-6-7-24(3,4)5/h8H,6-7,9H2,1-5H3,(H2,19,20). The van der Waals surface area contributed by atoms with Crippen LogP contribution >= 0.6 is 0 Å². The molecule has 0 fully saturated rings. The maximum Gasteiger partial charge on any atom is 0.225 e. The van der Waals surface area contributed by atoms with Crippen molar-refractivity contribution >= 4 is 13.9 Å². The number of aromatic nitrogens is 3. The average molecular weight is 354 g/mol. The number of halogens is 2. The summed E-state index contributed by atoms with van der Waals surface area (Å²) in [5.74, 6) is -1.87. The number of anilines is 1. The van der Waals surface area contributed by atoms with Crippen LogP contribution in [-0.2, 0) is 11.5 Å². The Kier molecular flexibility index (Phi) is 5.39. The smallest absolute Gasteiger partial charge is 0.225 e. The molecule has 0 unspecified atom stereocenters. The van der Waals surface area contributed by atoms with E-state index in [0.29, 0.717) is 23.6 Å². The summed E-state index contributed by atoms with van der Waals surface area (Å²) in [6.45, 7) is 11.2. The summed E-state index contributed by atoms with van der Waals surface area (Å²) >= 11 is 0. The highest BCUT2D eigenvalue weighted by atomic mass is 28.3. The summed E-state index contributed by atoms with van der Waals surface area (Å²) in [4.78, 5) is 3.51. The fraction of sp³-hybridized carbons (Fsp3) is 0.500. The van der Waals surface area contributed by atoms with Crippen LogP contribution in [0, 0.1) is 25.6 Å². The number of hydrogen-bond acceptors (Lipinski definition) is 4. The van der Waals surface area contributed by atoms with Gasteiger partial charge >= 0.3 is 0 Å². The lowest BCUT2D eigenvalue weighted by Gasteiger charge is -2.15. The molecular weight excluding hydrogens is 330 g/mol. The molecule has 0 amide bonds. The van der Waals surface area contributed by atoms with E-state index < -0.39 is 19.8 Å². The zero-order valence-corrected chi connectivity index (χ0v) is 15.8. The fourth-order valence-corrected chi connectivity index (χ4v) is 3.20. The first-order valence-electron chi connectivity index (χ1n) is 7.84. The monoisotopic (exact) mass is 354 g/mol. The average Bonchev–Trinajstić information content (AvgIpc) is 2.69. The van der Waals surface area contributed by atoms with Gasteiger partial charge in [0.2, 0.25) is 5.95 Å². The minimum absolute atomic E-state index is 0.189. The number of nitrogen functional groups attached to an aromatic ring is 1. The molecule has 0 aliphatic heterocycles. The summed E-state index contributed by atoms with van der Waals surface area (Å²) in [5.41, 5.74) is 6.72. The molecular formula is C16H24F2N4OSi. The lowest BCUT2D eigenvalue weighted by molar-refractivity contribution is 0.0770. The zero-order chi connectivity index (χ0) is 18.1. The van der Waals surface area contributed by atoms with Crippen molar-refractivity contribution < 1.29 is 13.5 Å². The summed E-state index contributed by atoms with van der Waals surface area (Å²) < 4.78 is 35.6. The molecule has 0 spiro atoms. The molecule has 8 heteroatoms. The number of aryl methyl sites for hydroxylation is 1. The Morgan fingerprint density at radius 1 is 1.21 bits per heavy atom. The molecule has 2 heterocycles. The molecule has 132 valence electrons. The lowest BCUT2D eigenvalue weighted by Crippen LogP contribution is -2.22. The highest BCUT2D eigenvalue weighted by Gasteiger charge is 2.22. The summed E-state index contributed by atoms with van der Waals surface area (Å²) in [6, 6.07) is 2.06. The van der Waals surface area contributed by atoms with Crippen molar-refractivity contribution in [3.05, 3.63) is 29.2 Å². The SMILES string of the molecule is Cc1nn(COCC[Si](C)(C)C)c(C)c1-c1c(F)cc(N)nc1F. The second-order valence-corrected chi connectivity index (χ2v) is 12.7. The number of nitrogens with zero attached hydrogens (tertiary/aromatic N) is 3. The molecule has 0 aromatic carbocycles. The van der Waals surface area contributed by atoms with Gasteiger partial charge in [-0.1, -0.05) is 19.6 Å². The van der Waals surface area contributed by atoms with Crippen LogP contribution in [0.5, 0.6) is 0 Å². The quantitative estimate of drug-likeness (QED) is 0.488. The van der Waals surface area contributed by atoms with Gasteiger partial charge in [-0.2, -0.15) is 9.49 Å². The first-order chi connectivity index (χ1) is 11.1. The highest BCUT2D eigenvalue weighted by Crippen LogP contribution is 2.31. The number of pyridine rings is 1. The van der Waals surface area contributed by atoms with E-state index in [2.05, 4.69) is 29.7 Å². The van der Waals surface area contributed by atoms with Gasteiger partial charge in [-0.15, -0.1) is 0 Å². The molecule has 0 saturated heterocycles. The van der Waals surface area contributed by atoms with Crippen LogP contribution in [0.15, 0.2) is 6.07 Å². The molecule has 2 rings (SSSR count). The third kappa shape index (κ3) is 4.18. The molecule has 24 heavy (non-hydrogen) atoms.